The third-order valence-corrected chi connectivity index (χ3v) is 4.58. The third-order valence-electron chi connectivity index (χ3n) is 3.61. The number of aliphatic hydroxyl groups is 1. The lowest BCUT2D eigenvalue weighted by Crippen LogP contribution is -2.23. The molecule has 1 amide bonds. The van der Waals surface area contributed by atoms with Crippen molar-refractivity contribution in [1.29, 1.82) is 0 Å². The molecule has 3 heterocycles. The molecule has 126 valence electrons. The second-order valence-corrected chi connectivity index (χ2v) is 6.32. The van der Waals surface area contributed by atoms with E-state index in [1.807, 2.05) is 24.4 Å². The summed E-state index contributed by atoms with van der Waals surface area (Å²) < 4.78 is 6.51. The van der Waals surface area contributed by atoms with Crippen molar-refractivity contribution >= 4 is 17.2 Å². The van der Waals surface area contributed by atoms with Crippen molar-refractivity contribution in [2.75, 3.05) is 0 Å². The molecule has 0 aliphatic heterocycles. The highest BCUT2D eigenvalue weighted by Gasteiger charge is 2.16. The van der Waals surface area contributed by atoms with Crippen LogP contribution in [0.25, 0.3) is 0 Å². The molecule has 0 aliphatic rings. The number of carbonyl (C=O) groups excluding carboxylic acids is 1. The largest absolute Gasteiger partial charge is 0.386 e. The molecule has 9 heteroatoms. The van der Waals surface area contributed by atoms with E-state index >= 15 is 0 Å². The predicted octanol–water partition coefficient (Wildman–Crippen LogP) is 1.61. The van der Waals surface area contributed by atoms with Gasteiger partial charge in [-0.05, 0) is 25.3 Å². The van der Waals surface area contributed by atoms with Gasteiger partial charge in [-0.3, -0.25) is 4.79 Å². The summed E-state index contributed by atoms with van der Waals surface area (Å²) in [4.78, 5) is 13.0. The number of aromatic nitrogens is 4. The first-order chi connectivity index (χ1) is 11.5. The maximum atomic E-state index is 12.2. The molecule has 0 bridgehead atoms. The molecule has 3 aromatic rings. The van der Waals surface area contributed by atoms with Gasteiger partial charge in [-0.1, -0.05) is 16.4 Å². The predicted molar refractivity (Wildman–Crippen MR) is 86.4 cm³/mol. The summed E-state index contributed by atoms with van der Waals surface area (Å²) in [5.41, 5.74) is 1.79. The second-order valence-electron chi connectivity index (χ2n) is 5.34. The average molecular weight is 347 g/mol. The van der Waals surface area contributed by atoms with Crippen molar-refractivity contribution in [1.82, 2.24) is 25.5 Å². The Morgan fingerprint density at radius 3 is 3.00 bits per heavy atom. The van der Waals surface area contributed by atoms with E-state index in [1.54, 1.807) is 6.92 Å². The molecular weight excluding hydrogens is 330 g/mol. The molecular formula is C15H17N5O3S. The minimum absolute atomic E-state index is 0.195. The minimum atomic E-state index is -0.676. The number of aliphatic hydroxyl groups excluding tert-OH is 1. The highest BCUT2D eigenvalue weighted by molar-refractivity contribution is 7.10. The number of rotatable bonds is 6. The van der Waals surface area contributed by atoms with Crippen molar-refractivity contribution in [2.45, 2.75) is 33.0 Å². The van der Waals surface area contributed by atoms with Crippen LogP contribution in [0.15, 0.2) is 28.2 Å². The fourth-order valence-corrected chi connectivity index (χ4v) is 2.96. The maximum absolute atomic E-state index is 12.2. The van der Waals surface area contributed by atoms with E-state index in [9.17, 15) is 9.90 Å². The second kappa shape index (κ2) is 6.93. The average Bonchev–Trinajstić information content (AvgIpc) is 3.28. The first-order valence-corrected chi connectivity index (χ1v) is 8.24. The molecule has 3 aromatic heterocycles. The van der Waals surface area contributed by atoms with Crippen LogP contribution < -0.4 is 5.32 Å². The zero-order valence-corrected chi connectivity index (χ0v) is 14.1. The smallest absolute Gasteiger partial charge is 0.273 e. The Morgan fingerprint density at radius 2 is 2.33 bits per heavy atom. The molecule has 0 fully saturated rings. The number of nitrogens with one attached hydrogen (secondary N) is 1. The molecule has 1 atom stereocenters. The number of aryl methyl sites for hydroxylation is 2. The summed E-state index contributed by atoms with van der Waals surface area (Å²) in [7, 11) is 0. The van der Waals surface area contributed by atoms with Crippen molar-refractivity contribution in [3.63, 3.8) is 0 Å². The molecule has 0 aromatic carbocycles. The van der Waals surface area contributed by atoms with Crippen LogP contribution in [0, 0.1) is 13.8 Å². The van der Waals surface area contributed by atoms with Gasteiger partial charge in [0.15, 0.2) is 5.69 Å². The van der Waals surface area contributed by atoms with Gasteiger partial charge in [0, 0.05) is 17.0 Å². The van der Waals surface area contributed by atoms with Crippen molar-refractivity contribution < 1.29 is 14.4 Å². The molecule has 0 radical (unpaired) electrons. The van der Waals surface area contributed by atoms with Gasteiger partial charge in [-0.15, -0.1) is 16.4 Å². The monoisotopic (exact) mass is 347 g/mol. The molecule has 0 saturated heterocycles. The first kappa shape index (κ1) is 16.3. The number of hydrogen-bond donors (Lipinski definition) is 2. The SMILES string of the molecule is Cc1noc(C)c1CNC(=O)c1cn(C[C@H](O)c2cccs2)nn1. The molecule has 0 saturated carbocycles. The standard InChI is InChI=1S/C15H17N5O3S/c1-9-11(10(2)23-18-9)6-16-15(22)12-7-20(19-17-12)8-13(21)14-4-3-5-24-14/h3-5,7,13,21H,6,8H2,1-2H3,(H,16,22)/t13-/m0/s1. The lowest BCUT2D eigenvalue weighted by Gasteiger charge is -2.07. The van der Waals surface area contributed by atoms with E-state index in [-0.39, 0.29) is 18.1 Å². The van der Waals surface area contributed by atoms with Crippen molar-refractivity contribution in [3.8, 4) is 0 Å². The summed E-state index contributed by atoms with van der Waals surface area (Å²) >= 11 is 1.47. The van der Waals surface area contributed by atoms with Gasteiger partial charge >= 0.3 is 0 Å². The van der Waals surface area contributed by atoms with E-state index in [4.69, 9.17) is 4.52 Å². The number of carbonyl (C=O) groups is 1. The molecule has 24 heavy (non-hydrogen) atoms. The van der Waals surface area contributed by atoms with Crippen LogP contribution >= 0.6 is 11.3 Å². The topological polar surface area (TPSA) is 106 Å². The number of nitrogens with zero attached hydrogens (tertiary/aromatic N) is 4. The van der Waals surface area contributed by atoms with Gasteiger partial charge in [-0.2, -0.15) is 0 Å². The van der Waals surface area contributed by atoms with Crippen LogP contribution in [0.3, 0.4) is 0 Å². The third kappa shape index (κ3) is 3.52. The summed E-state index contributed by atoms with van der Waals surface area (Å²) in [6, 6.07) is 3.72. The van der Waals surface area contributed by atoms with Crippen LogP contribution in [0.1, 0.15) is 38.5 Å². The Labute approximate surface area is 142 Å². The first-order valence-electron chi connectivity index (χ1n) is 7.36. The highest BCUT2D eigenvalue weighted by atomic mass is 32.1. The Kier molecular flexibility index (Phi) is 4.72. The Morgan fingerprint density at radius 1 is 1.50 bits per heavy atom. The molecule has 2 N–H and O–H groups in total. The maximum Gasteiger partial charge on any atom is 0.273 e. The van der Waals surface area contributed by atoms with Gasteiger partial charge in [0.1, 0.15) is 11.9 Å². The summed E-state index contributed by atoms with van der Waals surface area (Å²) in [6.07, 6.45) is 0.837. The molecule has 8 nitrogen and oxygen atoms in total. The Hall–Kier alpha value is -2.52. The quantitative estimate of drug-likeness (QED) is 0.702. The lowest BCUT2D eigenvalue weighted by atomic mass is 10.2. The summed E-state index contributed by atoms with van der Waals surface area (Å²) in [6.45, 7) is 4.17. The number of hydrogen-bond acceptors (Lipinski definition) is 7. The molecule has 0 spiro atoms. The Balaban J connectivity index is 1.59. The Bertz CT molecular complexity index is 805. The van der Waals surface area contributed by atoms with Crippen LogP contribution in [-0.2, 0) is 13.1 Å². The van der Waals surface area contributed by atoms with Gasteiger partial charge in [0.2, 0.25) is 0 Å². The van der Waals surface area contributed by atoms with Crippen LogP contribution in [0.2, 0.25) is 0 Å². The zero-order valence-electron chi connectivity index (χ0n) is 13.3. The minimum Gasteiger partial charge on any atom is -0.386 e. The van der Waals surface area contributed by atoms with Crippen molar-refractivity contribution in [2.24, 2.45) is 0 Å². The fraction of sp³-hybridized carbons (Fsp3) is 0.333. The lowest BCUT2D eigenvalue weighted by molar-refractivity contribution is 0.0945. The van der Waals surface area contributed by atoms with Gasteiger partial charge in [0.25, 0.3) is 5.91 Å². The van der Waals surface area contributed by atoms with E-state index in [0.29, 0.717) is 12.3 Å². The molecule has 0 aliphatic carbocycles. The van der Waals surface area contributed by atoms with E-state index in [1.165, 1.54) is 22.2 Å². The number of amides is 1. The van der Waals surface area contributed by atoms with Crippen LogP contribution in [0.4, 0.5) is 0 Å². The molecule has 0 unspecified atom stereocenters. The van der Waals surface area contributed by atoms with E-state index in [0.717, 1.165) is 16.1 Å². The van der Waals surface area contributed by atoms with Crippen molar-refractivity contribution in [3.05, 3.63) is 51.3 Å². The summed E-state index contributed by atoms with van der Waals surface area (Å²) in [5, 5.41) is 26.3. The normalized spacial score (nSPS) is 12.3. The zero-order chi connectivity index (χ0) is 17.1. The molecule has 3 rings (SSSR count). The summed E-state index contributed by atoms with van der Waals surface area (Å²) in [5.74, 6) is 0.336. The highest BCUT2D eigenvalue weighted by Crippen LogP contribution is 2.20. The van der Waals surface area contributed by atoms with E-state index < -0.39 is 6.10 Å². The fourth-order valence-electron chi connectivity index (χ4n) is 2.25. The van der Waals surface area contributed by atoms with Gasteiger partial charge in [-0.25, -0.2) is 4.68 Å². The van der Waals surface area contributed by atoms with Crippen LogP contribution in [0.5, 0.6) is 0 Å². The number of thiophene rings is 1. The van der Waals surface area contributed by atoms with E-state index in [2.05, 4.69) is 20.8 Å². The van der Waals surface area contributed by atoms with Crippen LogP contribution in [-0.4, -0.2) is 31.2 Å². The van der Waals surface area contributed by atoms with Gasteiger partial charge < -0.3 is 14.9 Å². The van der Waals surface area contributed by atoms with Gasteiger partial charge in [0.05, 0.1) is 18.4 Å².